The molecule has 0 N–H and O–H groups in total. The quantitative estimate of drug-likeness (QED) is 0.380. The van der Waals surface area contributed by atoms with Crippen molar-refractivity contribution in [2.45, 2.75) is 66.2 Å². The van der Waals surface area contributed by atoms with E-state index in [4.69, 9.17) is 21.8 Å². The SMILES string of the molecule is COc1c(C(C)(C)C)cc(-c2cccc3c2C=C(C(C)C)[CH]3)cc1C(C)(C)C.[Cl][Zr][Cl]. The van der Waals surface area contributed by atoms with E-state index < -0.39 is 20.8 Å². The maximum atomic E-state index is 5.94. The van der Waals surface area contributed by atoms with Crippen molar-refractivity contribution in [1.29, 1.82) is 0 Å². The van der Waals surface area contributed by atoms with Crippen LogP contribution in [0.2, 0.25) is 0 Å². The van der Waals surface area contributed by atoms with Crippen LogP contribution in [-0.4, -0.2) is 7.11 Å². The topological polar surface area (TPSA) is 9.23 Å². The fourth-order valence-corrected chi connectivity index (χ4v) is 3.96. The number of methoxy groups -OCH3 is 1. The van der Waals surface area contributed by atoms with Gasteiger partial charge in [-0.25, -0.2) is 0 Å². The van der Waals surface area contributed by atoms with Gasteiger partial charge in [-0.2, -0.15) is 0 Å². The zero-order valence-corrected chi connectivity index (χ0v) is 24.3. The minimum absolute atomic E-state index is 0.00433. The first kappa shape index (κ1) is 26.7. The summed E-state index contributed by atoms with van der Waals surface area (Å²) in [5.74, 6) is 1.56. The zero-order valence-electron chi connectivity index (χ0n) is 20.3. The van der Waals surface area contributed by atoms with E-state index in [-0.39, 0.29) is 10.8 Å². The van der Waals surface area contributed by atoms with Crippen molar-refractivity contribution >= 4 is 23.1 Å². The molecule has 0 saturated carbocycles. The summed E-state index contributed by atoms with van der Waals surface area (Å²) in [6.07, 6.45) is 4.70. The van der Waals surface area contributed by atoms with Gasteiger partial charge < -0.3 is 4.74 Å². The molecule has 2 aromatic carbocycles. The molecule has 1 nitrogen and oxygen atoms in total. The summed E-state index contributed by atoms with van der Waals surface area (Å²) in [7, 11) is 11.7. The van der Waals surface area contributed by atoms with Crippen LogP contribution in [0.15, 0.2) is 35.9 Å². The van der Waals surface area contributed by atoms with Crippen molar-refractivity contribution in [2.75, 3.05) is 7.11 Å². The van der Waals surface area contributed by atoms with Crippen molar-refractivity contribution in [3.63, 3.8) is 0 Å². The third kappa shape index (κ3) is 6.28. The number of hydrogen-bond acceptors (Lipinski definition) is 1. The minimum atomic E-state index is -0.826. The van der Waals surface area contributed by atoms with Crippen molar-refractivity contribution < 1.29 is 25.6 Å². The summed E-state index contributed by atoms with van der Waals surface area (Å²) in [6.45, 7) is 18.1. The van der Waals surface area contributed by atoms with Crippen molar-refractivity contribution in [3.05, 3.63) is 64.6 Å². The Balaban J connectivity index is 0.00000107. The van der Waals surface area contributed by atoms with Crippen LogP contribution in [0, 0.1) is 12.3 Å². The van der Waals surface area contributed by atoms with Gasteiger partial charge in [-0.05, 0) is 51.1 Å². The summed E-state index contributed by atoms with van der Waals surface area (Å²) in [4.78, 5) is 0. The monoisotopic (exact) mass is 535 g/mol. The number of rotatable bonds is 3. The summed E-state index contributed by atoms with van der Waals surface area (Å²) in [5.41, 5.74) is 9.21. The molecule has 2 aromatic rings. The van der Waals surface area contributed by atoms with E-state index in [0.717, 1.165) is 5.75 Å². The van der Waals surface area contributed by atoms with Gasteiger partial charge in [0.25, 0.3) is 0 Å². The molecule has 1 aliphatic carbocycles. The van der Waals surface area contributed by atoms with Crippen LogP contribution < -0.4 is 4.74 Å². The predicted octanol–water partition coefficient (Wildman–Crippen LogP) is 8.94. The van der Waals surface area contributed by atoms with Gasteiger partial charge >= 0.3 is 37.9 Å². The maximum absolute atomic E-state index is 5.94. The fraction of sp³-hybridized carbons (Fsp3) is 0.444. The number of benzene rings is 2. The Hall–Kier alpha value is -0.557. The Morgan fingerprint density at radius 3 is 1.84 bits per heavy atom. The molecule has 0 bridgehead atoms. The van der Waals surface area contributed by atoms with Crippen LogP contribution in [0.5, 0.6) is 5.75 Å². The molecule has 167 valence electrons. The molecule has 0 heterocycles. The van der Waals surface area contributed by atoms with E-state index >= 15 is 0 Å². The van der Waals surface area contributed by atoms with E-state index in [1.807, 2.05) is 0 Å². The average Bonchev–Trinajstić information content (AvgIpc) is 3.11. The molecule has 0 amide bonds. The first-order valence-electron chi connectivity index (χ1n) is 10.7. The number of fused-ring (bicyclic) bond motifs is 1. The van der Waals surface area contributed by atoms with Gasteiger partial charge in [-0.15, -0.1) is 0 Å². The third-order valence-corrected chi connectivity index (χ3v) is 5.66. The molecule has 3 rings (SSSR count). The Morgan fingerprint density at radius 1 is 0.903 bits per heavy atom. The van der Waals surface area contributed by atoms with Crippen molar-refractivity contribution in [1.82, 2.24) is 0 Å². The second-order valence-electron chi connectivity index (χ2n) is 10.4. The first-order valence-corrected chi connectivity index (χ1v) is 17.1. The molecule has 0 aliphatic heterocycles. The van der Waals surface area contributed by atoms with Gasteiger partial charge in [-0.3, -0.25) is 0 Å². The van der Waals surface area contributed by atoms with Gasteiger partial charge in [0.05, 0.1) is 7.11 Å². The number of halogens is 2. The first-order chi connectivity index (χ1) is 14.3. The number of allylic oxidation sites excluding steroid dienone is 1. The molecular formula is C27H35Cl2OZr. The number of ether oxygens (including phenoxy) is 1. The molecule has 4 heteroatoms. The Kier molecular flexibility index (Phi) is 9.11. The van der Waals surface area contributed by atoms with E-state index in [0.29, 0.717) is 5.92 Å². The standard InChI is InChI=1S/C27H35O.2ClH.Zr/c1-17(2)19-13-18-11-10-12-21(22(18)14-19)20-15-23(26(3,4)5)25(28-9)24(16-20)27(6,7)8;;;/h10-17H,1-9H3;2*1H;/q;;;+2/p-2. The van der Waals surface area contributed by atoms with Crippen LogP contribution >= 0.6 is 17.0 Å². The molecule has 31 heavy (non-hydrogen) atoms. The summed E-state index contributed by atoms with van der Waals surface area (Å²) in [6, 6.07) is 11.3. The Bertz CT molecular complexity index is 912. The average molecular weight is 538 g/mol. The molecular weight excluding hydrogens is 502 g/mol. The third-order valence-electron chi connectivity index (χ3n) is 5.66. The summed E-state index contributed by atoms with van der Waals surface area (Å²) >= 11 is -0.826. The van der Waals surface area contributed by atoms with Gasteiger partial charge in [0.1, 0.15) is 5.75 Å². The number of hydrogen-bond donors (Lipinski definition) is 0. The van der Waals surface area contributed by atoms with Gasteiger partial charge in [0, 0.05) is 17.5 Å². The molecule has 0 spiro atoms. The molecule has 0 saturated heterocycles. The van der Waals surface area contributed by atoms with E-state index in [2.05, 4.69) is 98.2 Å². The van der Waals surface area contributed by atoms with Gasteiger partial charge in [-0.1, -0.05) is 85.2 Å². The Labute approximate surface area is 208 Å². The molecule has 0 aromatic heterocycles. The zero-order chi connectivity index (χ0) is 23.6. The van der Waals surface area contributed by atoms with Crippen LogP contribution in [0.1, 0.15) is 77.6 Å². The molecule has 1 aliphatic rings. The summed E-state index contributed by atoms with van der Waals surface area (Å²) in [5, 5.41) is 0. The molecule has 1 radical (unpaired) electrons. The van der Waals surface area contributed by atoms with Gasteiger partial charge in [0.2, 0.25) is 0 Å². The molecule has 0 unspecified atom stereocenters. The van der Waals surface area contributed by atoms with Crippen LogP contribution in [0.25, 0.3) is 17.2 Å². The second-order valence-corrected chi connectivity index (χ2v) is 14.2. The van der Waals surface area contributed by atoms with E-state index in [1.165, 1.54) is 39.0 Å². The van der Waals surface area contributed by atoms with Gasteiger partial charge in [0.15, 0.2) is 0 Å². The fourth-order valence-electron chi connectivity index (χ4n) is 3.96. The van der Waals surface area contributed by atoms with Crippen molar-refractivity contribution in [2.24, 2.45) is 5.92 Å². The van der Waals surface area contributed by atoms with Crippen LogP contribution in [-0.2, 0) is 31.7 Å². The van der Waals surface area contributed by atoms with E-state index in [1.54, 1.807) is 7.11 Å². The Morgan fingerprint density at radius 2 is 1.42 bits per heavy atom. The summed E-state index contributed by atoms with van der Waals surface area (Å²) < 4.78 is 5.94. The van der Waals surface area contributed by atoms with E-state index in [9.17, 15) is 0 Å². The second kappa shape index (κ2) is 10.6. The van der Waals surface area contributed by atoms with Crippen LogP contribution in [0.4, 0.5) is 0 Å². The van der Waals surface area contributed by atoms with Crippen LogP contribution in [0.3, 0.4) is 0 Å². The molecule has 0 atom stereocenters. The van der Waals surface area contributed by atoms with Crippen molar-refractivity contribution in [3.8, 4) is 16.9 Å². The normalized spacial score (nSPS) is 13.4. The molecule has 0 fully saturated rings. The predicted molar refractivity (Wildman–Crippen MR) is 134 cm³/mol.